The van der Waals surface area contributed by atoms with Crippen LogP contribution in [-0.4, -0.2) is 37.3 Å². The number of alkyl halides is 3. The van der Waals surface area contributed by atoms with E-state index < -0.39 is 29.4 Å². The molecular weight excluding hydrogens is 279 g/mol. The van der Waals surface area contributed by atoms with Gasteiger partial charge < -0.3 is 5.32 Å². The van der Waals surface area contributed by atoms with Crippen LogP contribution in [0.2, 0.25) is 0 Å². The van der Waals surface area contributed by atoms with Gasteiger partial charge in [-0.25, -0.2) is 8.78 Å². The Balaban J connectivity index is 2.44. The summed E-state index contributed by atoms with van der Waals surface area (Å²) in [6.07, 6.45) is -4.65. The van der Waals surface area contributed by atoms with Gasteiger partial charge in [0, 0.05) is 31.7 Å². The van der Waals surface area contributed by atoms with Crippen molar-refractivity contribution in [2.75, 3.05) is 26.2 Å². The maximum Gasteiger partial charge on any atom is 0.408 e. The van der Waals surface area contributed by atoms with E-state index in [9.17, 15) is 22.0 Å². The first-order chi connectivity index (χ1) is 9.32. The van der Waals surface area contributed by atoms with E-state index in [1.54, 1.807) is 0 Å². The third kappa shape index (κ3) is 2.93. The number of piperazine rings is 1. The number of hydrogen-bond acceptors (Lipinski definition) is 2. The first kappa shape index (κ1) is 15.2. The Bertz CT molecular complexity index is 480. The lowest BCUT2D eigenvalue weighted by Crippen LogP contribution is -2.49. The zero-order valence-corrected chi connectivity index (χ0v) is 10.9. The molecule has 1 heterocycles. The number of benzene rings is 1. The second-order valence-electron chi connectivity index (χ2n) is 4.83. The highest BCUT2D eigenvalue weighted by molar-refractivity contribution is 5.29. The van der Waals surface area contributed by atoms with Gasteiger partial charge in [-0.3, -0.25) is 4.90 Å². The van der Waals surface area contributed by atoms with Gasteiger partial charge in [-0.15, -0.1) is 0 Å². The number of aryl methyl sites for hydroxylation is 1. The molecule has 0 amide bonds. The molecule has 1 fully saturated rings. The molecular formula is C13H15F5N2. The van der Waals surface area contributed by atoms with Crippen molar-refractivity contribution < 1.29 is 22.0 Å². The zero-order valence-electron chi connectivity index (χ0n) is 10.9. The van der Waals surface area contributed by atoms with Gasteiger partial charge >= 0.3 is 6.18 Å². The fraction of sp³-hybridized carbons (Fsp3) is 0.538. The molecule has 2 rings (SSSR count). The van der Waals surface area contributed by atoms with Crippen molar-refractivity contribution in [3.05, 3.63) is 34.9 Å². The Hall–Kier alpha value is -1.21. The summed E-state index contributed by atoms with van der Waals surface area (Å²) in [5, 5.41) is 2.93. The Morgan fingerprint density at radius 3 is 2.25 bits per heavy atom. The van der Waals surface area contributed by atoms with E-state index in [1.165, 1.54) is 13.0 Å². The highest BCUT2D eigenvalue weighted by Gasteiger charge is 2.46. The monoisotopic (exact) mass is 294 g/mol. The minimum atomic E-state index is -4.65. The zero-order chi connectivity index (χ0) is 14.9. The molecule has 0 spiro atoms. The molecule has 1 N–H and O–H groups in total. The van der Waals surface area contributed by atoms with Crippen molar-refractivity contribution in [3.63, 3.8) is 0 Å². The van der Waals surface area contributed by atoms with Crippen molar-refractivity contribution in [3.8, 4) is 0 Å². The van der Waals surface area contributed by atoms with Crippen LogP contribution in [0.4, 0.5) is 22.0 Å². The lowest BCUT2D eigenvalue weighted by Gasteiger charge is -2.36. The van der Waals surface area contributed by atoms with Gasteiger partial charge in [0.15, 0.2) is 11.6 Å². The first-order valence-corrected chi connectivity index (χ1v) is 6.28. The predicted octanol–water partition coefficient (Wildman–Crippen LogP) is 2.78. The first-order valence-electron chi connectivity index (χ1n) is 6.28. The van der Waals surface area contributed by atoms with Gasteiger partial charge in [-0.2, -0.15) is 13.2 Å². The Morgan fingerprint density at radius 1 is 1.10 bits per heavy atom. The number of nitrogens with one attached hydrogen (secondary N) is 1. The molecule has 1 saturated heterocycles. The summed E-state index contributed by atoms with van der Waals surface area (Å²) in [6, 6.07) is 0.0857. The second-order valence-corrected chi connectivity index (χ2v) is 4.83. The molecule has 0 unspecified atom stereocenters. The minimum absolute atomic E-state index is 0.00696. The van der Waals surface area contributed by atoms with Crippen molar-refractivity contribution in [2.45, 2.75) is 19.1 Å². The smallest absolute Gasteiger partial charge is 0.314 e. The van der Waals surface area contributed by atoms with Crippen LogP contribution in [0.25, 0.3) is 0 Å². The van der Waals surface area contributed by atoms with E-state index >= 15 is 0 Å². The van der Waals surface area contributed by atoms with E-state index in [4.69, 9.17) is 0 Å². The summed E-state index contributed by atoms with van der Waals surface area (Å²) in [4.78, 5) is 1.13. The average Bonchev–Trinajstić information content (AvgIpc) is 2.39. The quantitative estimate of drug-likeness (QED) is 0.844. The van der Waals surface area contributed by atoms with E-state index in [-0.39, 0.29) is 18.7 Å². The van der Waals surface area contributed by atoms with Crippen LogP contribution >= 0.6 is 0 Å². The molecule has 0 aliphatic carbocycles. The Morgan fingerprint density at radius 2 is 1.70 bits per heavy atom. The molecule has 1 aliphatic rings. The standard InChI is InChI=1S/C13H15F5N2/c1-8-2-3-9(11(15)10(8)14)12(13(16,17)18)20-6-4-19-5-7-20/h2-3,12,19H,4-7H2,1H3/t12-/m0/s1. The van der Waals surface area contributed by atoms with E-state index in [0.29, 0.717) is 13.1 Å². The van der Waals surface area contributed by atoms with Gasteiger partial charge in [-0.05, 0) is 12.5 Å². The van der Waals surface area contributed by atoms with Gasteiger partial charge in [0.05, 0.1) is 0 Å². The molecule has 20 heavy (non-hydrogen) atoms. The van der Waals surface area contributed by atoms with Gasteiger partial charge in [0.2, 0.25) is 0 Å². The second kappa shape index (κ2) is 5.65. The summed E-state index contributed by atoms with van der Waals surface area (Å²) >= 11 is 0. The topological polar surface area (TPSA) is 15.3 Å². The highest BCUT2D eigenvalue weighted by Crippen LogP contribution is 2.39. The lowest BCUT2D eigenvalue weighted by atomic mass is 10.0. The Kier molecular flexibility index (Phi) is 4.29. The molecule has 1 aromatic carbocycles. The van der Waals surface area contributed by atoms with Crippen LogP contribution < -0.4 is 5.32 Å². The SMILES string of the molecule is Cc1ccc([C@H](N2CCNCC2)C(F)(F)F)c(F)c1F. The molecule has 1 atom stereocenters. The minimum Gasteiger partial charge on any atom is -0.314 e. The summed E-state index contributed by atoms with van der Waals surface area (Å²) in [6.45, 7) is 2.37. The maximum absolute atomic E-state index is 13.9. The van der Waals surface area contributed by atoms with Crippen LogP contribution in [0.3, 0.4) is 0 Å². The third-order valence-corrected chi connectivity index (χ3v) is 3.43. The summed E-state index contributed by atoms with van der Waals surface area (Å²) in [7, 11) is 0. The average molecular weight is 294 g/mol. The lowest BCUT2D eigenvalue weighted by molar-refractivity contribution is -0.188. The Labute approximate surface area is 113 Å². The molecule has 0 aromatic heterocycles. The van der Waals surface area contributed by atoms with E-state index in [2.05, 4.69) is 5.32 Å². The molecule has 1 aromatic rings. The molecule has 2 nitrogen and oxygen atoms in total. The number of nitrogens with zero attached hydrogens (tertiary/aromatic N) is 1. The van der Waals surface area contributed by atoms with Gasteiger partial charge in [-0.1, -0.05) is 12.1 Å². The molecule has 112 valence electrons. The summed E-state index contributed by atoms with van der Waals surface area (Å²) in [5.74, 6) is -2.63. The predicted molar refractivity (Wildman–Crippen MR) is 64.3 cm³/mol. The van der Waals surface area contributed by atoms with Crippen LogP contribution in [-0.2, 0) is 0 Å². The maximum atomic E-state index is 13.9. The van der Waals surface area contributed by atoms with Gasteiger partial charge in [0.1, 0.15) is 6.04 Å². The fourth-order valence-corrected chi connectivity index (χ4v) is 2.39. The summed E-state index contributed by atoms with van der Waals surface area (Å²) in [5.41, 5.74) is -0.657. The fourth-order valence-electron chi connectivity index (χ4n) is 2.39. The number of halogens is 5. The van der Waals surface area contributed by atoms with E-state index in [0.717, 1.165) is 11.0 Å². The van der Waals surface area contributed by atoms with Crippen molar-refractivity contribution in [2.24, 2.45) is 0 Å². The van der Waals surface area contributed by atoms with Crippen molar-refractivity contribution in [1.82, 2.24) is 10.2 Å². The van der Waals surface area contributed by atoms with Crippen LogP contribution in [0.15, 0.2) is 12.1 Å². The molecule has 1 aliphatic heterocycles. The number of hydrogen-bond donors (Lipinski definition) is 1. The highest BCUT2D eigenvalue weighted by atomic mass is 19.4. The molecule has 7 heteroatoms. The molecule has 0 bridgehead atoms. The third-order valence-electron chi connectivity index (χ3n) is 3.43. The van der Waals surface area contributed by atoms with Gasteiger partial charge in [0.25, 0.3) is 0 Å². The molecule has 0 saturated carbocycles. The molecule has 0 radical (unpaired) electrons. The van der Waals surface area contributed by atoms with E-state index in [1.807, 2.05) is 0 Å². The normalized spacial score (nSPS) is 19.1. The van der Waals surface area contributed by atoms with Crippen molar-refractivity contribution in [1.29, 1.82) is 0 Å². The van der Waals surface area contributed by atoms with Crippen LogP contribution in [0, 0.1) is 18.6 Å². The van der Waals surface area contributed by atoms with Crippen LogP contribution in [0.5, 0.6) is 0 Å². The number of rotatable bonds is 2. The summed E-state index contributed by atoms with van der Waals surface area (Å²) < 4.78 is 67.2. The van der Waals surface area contributed by atoms with Crippen LogP contribution in [0.1, 0.15) is 17.2 Å². The van der Waals surface area contributed by atoms with Crippen molar-refractivity contribution >= 4 is 0 Å². The largest absolute Gasteiger partial charge is 0.408 e.